The molecule has 7 heteroatoms. The maximum Gasteiger partial charge on any atom is 0.154 e. The predicted molar refractivity (Wildman–Crippen MR) is 209 cm³/mol. The van der Waals surface area contributed by atoms with Gasteiger partial charge in [0.1, 0.15) is 0 Å². The van der Waals surface area contributed by atoms with E-state index in [4.69, 9.17) is 74.3 Å². The van der Waals surface area contributed by atoms with E-state index in [1.807, 2.05) is 12.1 Å². The first-order valence-corrected chi connectivity index (χ1v) is 19.1. The van der Waals surface area contributed by atoms with E-state index < -0.39 is 0 Å². The minimum absolute atomic E-state index is 0.529. The summed E-state index contributed by atoms with van der Waals surface area (Å²) in [5, 5.41) is 10.1. The molecule has 0 saturated heterocycles. The molecule has 0 atom stereocenters. The highest BCUT2D eigenvalue weighted by molar-refractivity contribution is 6.35. The van der Waals surface area contributed by atoms with Crippen molar-refractivity contribution in [1.29, 1.82) is 0 Å². The zero-order chi connectivity index (χ0) is 32.9. The molecule has 0 bridgehead atoms. The van der Waals surface area contributed by atoms with E-state index in [-0.39, 0.29) is 0 Å². The monoisotopic (exact) mass is 742 g/mol. The van der Waals surface area contributed by atoms with Gasteiger partial charge in [-0.3, -0.25) is 0 Å². The van der Waals surface area contributed by atoms with Gasteiger partial charge in [-0.2, -0.15) is 0 Å². The van der Waals surface area contributed by atoms with Crippen molar-refractivity contribution >= 4 is 113 Å². The first kappa shape index (κ1) is 34.8. The van der Waals surface area contributed by atoms with Crippen LogP contribution < -0.4 is 4.74 Å². The Hall–Kier alpha value is -2.10. The van der Waals surface area contributed by atoms with Crippen LogP contribution in [0.4, 0.5) is 0 Å². The van der Waals surface area contributed by atoms with E-state index in [9.17, 15) is 0 Å². The smallest absolute Gasteiger partial charge is 0.154 e. The average molecular weight is 745 g/mol. The van der Waals surface area contributed by atoms with Crippen molar-refractivity contribution in [2.45, 2.75) is 51.4 Å². The third-order valence-corrected chi connectivity index (χ3v) is 10.7. The molecular formula is C40H36Cl6O. The normalized spacial score (nSPS) is 11.8. The SMILES string of the molecule is ClCCCc1c2ccccc2c(CCCCl)c2c(Oc3c(Cl)ccc4c(CCCCl)c5ccccc5c(CCCCl)c34)c(Cl)ccc12. The maximum atomic E-state index is 7.14. The Balaban J connectivity index is 1.70. The van der Waals surface area contributed by atoms with Crippen LogP contribution in [0.5, 0.6) is 11.5 Å². The summed E-state index contributed by atoms with van der Waals surface area (Å²) in [5.74, 6) is 3.49. The Bertz CT molecular complexity index is 1910. The maximum absolute atomic E-state index is 7.14. The molecule has 0 spiro atoms. The lowest BCUT2D eigenvalue weighted by molar-refractivity contribution is 0.494. The Kier molecular flexibility index (Phi) is 11.9. The van der Waals surface area contributed by atoms with Crippen LogP contribution in [0, 0.1) is 0 Å². The lowest BCUT2D eigenvalue weighted by atomic mass is 9.87. The second kappa shape index (κ2) is 16.1. The van der Waals surface area contributed by atoms with Gasteiger partial charge in [0, 0.05) is 34.3 Å². The average Bonchev–Trinajstić information content (AvgIpc) is 3.09. The lowest BCUT2D eigenvalue weighted by Gasteiger charge is -2.23. The summed E-state index contributed by atoms with van der Waals surface area (Å²) in [6, 6.07) is 25.3. The zero-order valence-electron chi connectivity index (χ0n) is 26.1. The molecule has 0 aromatic heterocycles. The number of halogens is 6. The number of benzene rings is 6. The van der Waals surface area contributed by atoms with Crippen LogP contribution in [0.25, 0.3) is 43.1 Å². The van der Waals surface area contributed by atoms with Crippen LogP contribution in [0.1, 0.15) is 47.9 Å². The Labute approximate surface area is 307 Å². The molecule has 0 aliphatic carbocycles. The summed E-state index contributed by atoms with van der Waals surface area (Å²) in [4.78, 5) is 0. The third kappa shape index (κ3) is 6.87. The Morgan fingerprint density at radius 3 is 1.04 bits per heavy atom. The quantitative estimate of drug-likeness (QED) is 0.0797. The lowest BCUT2D eigenvalue weighted by Crippen LogP contribution is -2.02. The fourth-order valence-electron chi connectivity index (χ4n) is 7.13. The Morgan fingerprint density at radius 1 is 0.383 bits per heavy atom. The van der Waals surface area contributed by atoms with Gasteiger partial charge in [-0.1, -0.05) is 83.9 Å². The number of ether oxygens (including phenoxy) is 1. The van der Waals surface area contributed by atoms with E-state index in [1.165, 1.54) is 43.8 Å². The van der Waals surface area contributed by atoms with Crippen LogP contribution >= 0.6 is 69.6 Å². The topological polar surface area (TPSA) is 9.23 Å². The first-order chi connectivity index (χ1) is 23.0. The summed E-state index contributed by atoms with van der Waals surface area (Å²) >= 11 is 39.3. The third-order valence-electron chi connectivity index (χ3n) is 9.07. The van der Waals surface area contributed by atoms with Gasteiger partial charge in [0.05, 0.1) is 10.0 Å². The molecule has 0 N–H and O–H groups in total. The second-order valence-corrected chi connectivity index (χ2v) is 14.2. The largest absolute Gasteiger partial charge is 0.453 e. The summed E-state index contributed by atoms with van der Waals surface area (Å²) < 4.78 is 7.14. The molecule has 0 radical (unpaired) electrons. The molecule has 0 aliphatic heterocycles. The van der Waals surface area contributed by atoms with Gasteiger partial charge in [0.25, 0.3) is 0 Å². The van der Waals surface area contributed by atoms with Gasteiger partial charge in [-0.05, 0) is 118 Å². The molecule has 244 valence electrons. The summed E-state index contributed by atoms with van der Waals surface area (Å²) in [6.45, 7) is 0. The number of fused-ring (bicyclic) bond motifs is 4. The molecule has 6 rings (SSSR count). The number of aryl methyl sites for hydroxylation is 4. The molecule has 0 fully saturated rings. The van der Waals surface area contributed by atoms with Gasteiger partial charge in [-0.25, -0.2) is 0 Å². The number of hydrogen-bond donors (Lipinski definition) is 0. The highest BCUT2D eigenvalue weighted by Gasteiger charge is 2.24. The highest BCUT2D eigenvalue weighted by atomic mass is 35.5. The van der Waals surface area contributed by atoms with Crippen LogP contribution in [0.3, 0.4) is 0 Å². The fourth-order valence-corrected chi connectivity index (χ4v) is 8.06. The van der Waals surface area contributed by atoms with E-state index in [2.05, 4.69) is 60.7 Å². The molecule has 47 heavy (non-hydrogen) atoms. The molecule has 0 heterocycles. The van der Waals surface area contributed by atoms with Crippen molar-refractivity contribution in [3.05, 3.63) is 105 Å². The van der Waals surface area contributed by atoms with Crippen molar-refractivity contribution in [2.24, 2.45) is 0 Å². The molecule has 0 amide bonds. The van der Waals surface area contributed by atoms with Gasteiger partial charge < -0.3 is 4.74 Å². The number of rotatable bonds is 14. The van der Waals surface area contributed by atoms with Crippen LogP contribution in [0.15, 0.2) is 72.8 Å². The molecule has 0 unspecified atom stereocenters. The highest BCUT2D eigenvalue weighted by Crippen LogP contribution is 2.49. The van der Waals surface area contributed by atoms with Crippen LogP contribution in [-0.2, 0) is 25.7 Å². The van der Waals surface area contributed by atoms with Gasteiger partial charge >= 0.3 is 0 Å². The van der Waals surface area contributed by atoms with E-state index in [0.717, 1.165) is 72.9 Å². The van der Waals surface area contributed by atoms with E-state index >= 15 is 0 Å². The standard InChI is InChI=1S/C40H36Cl6O/c41-21-5-13-29-25-9-1-3-11-27(25)31(15-7-23-43)37-33(29)17-19-35(45)39(37)47-40-36(46)20-18-34-30(14-6-22-42)26-10-2-4-12-28(26)32(38(34)40)16-8-24-44/h1-4,9-12,17-20H,5-8,13-16,21-24H2. The van der Waals surface area contributed by atoms with Crippen molar-refractivity contribution in [2.75, 3.05) is 23.5 Å². The molecule has 0 saturated carbocycles. The minimum atomic E-state index is 0.529. The summed E-state index contributed by atoms with van der Waals surface area (Å²) in [7, 11) is 0. The van der Waals surface area contributed by atoms with Crippen molar-refractivity contribution in [3.63, 3.8) is 0 Å². The van der Waals surface area contributed by atoms with Gasteiger partial charge in [0.15, 0.2) is 11.5 Å². The first-order valence-electron chi connectivity index (χ1n) is 16.2. The number of hydrogen-bond acceptors (Lipinski definition) is 1. The fraction of sp³-hybridized carbons (Fsp3) is 0.300. The second-order valence-electron chi connectivity index (χ2n) is 11.9. The van der Waals surface area contributed by atoms with Crippen molar-refractivity contribution in [1.82, 2.24) is 0 Å². The minimum Gasteiger partial charge on any atom is -0.453 e. The Morgan fingerprint density at radius 2 is 0.702 bits per heavy atom. The van der Waals surface area contributed by atoms with Crippen molar-refractivity contribution < 1.29 is 4.74 Å². The molecule has 0 aliphatic rings. The molecule has 1 nitrogen and oxygen atoms in total. The summed E-state index contributed by atoms with van der Waals surface area (Å²) in [6.07, 6.45) is 6.60. The zero-order valence-corrected chi connectivity index (χ0v) is 30.6. The van der Waals surface area contributed by atoms with E-state index in [1.54, 1.807) is 0 Å². The van der Waals surface area contributed by atoms with Crippen LogP contribution in [-0.4, -0.2) is 23.5 Å². The van der Waals surface area contributed by atoms with Crippen molar-refractivity contribution in [3.8, 4) is 11.5 Å². The molecule has 6 aromatic carbocycles. The predicted octanol–water partition coefficient (Wildman–Crippen LogP) is 14.1. The molecule has 6 aromatic rings. The van der Waals surface area contributed by atoms with E-state index in [0.29, 0.717) is 45.1 Å². The molecular weight excluding hydrogens is 709 g/mol. The summed E-state index contributed by atoms with van der Waals surface area (Å²) in [5.41, 5.74) is 4.84. The van der Waals surface area contributed by atoms with Gasteiger partial charge in [0.2, 0.25) is 0 Å². The van der Waals surface area contributed by atoms with Gasteiger partial charge in [-0.15, -0.1) is 46.4 Å². The van der Waals surface area contributed by atoms with Crippen LogP contribution in [0.2, 0.25) is 10.0 Å². The number of alkyl halides is 4.